The lowest BCUT2D eigenvalue weighted by atomic mass is 9.82. The third kappa shape index (κ3) is 2.57. The molecule has 0 radical (unpaired) electrons. The zero-order valence-electron chi connectivity index (χ0n) is 10.7. The van der Waals surface area contributed by atoms with Gasteiger partial charge in [0, 0.05) is 6.04 Å². The van der Waals surface area contributed by atoms with Crippen molar-refractivity contribution < 1.29 is 8.78 Å². The van der Waals surface area contributed by atoms with Crippen LogP contribution >= 0.6 is 0 Å². The number of nitrogens with two attached hydrogens (primary N) is 1. The molecule has 2 unspecified atom stereocenters. The normalized spacial score (nSPS) is 23.9. The lowest BCUT2D eigenvalue weighted by molar-refractivity contribution is 0.316. The number of halogens is 2. The van der Waals surface area contributed by atoms with Crippen LogP contribution in [0.5, 0.6) is 0 Å². The fraction of sp³-hybridized carbons (Fsp3) is 0.571. The number of benzene rings is 1. The third-order valence-corrected chi connectivity index (χ3v) is 3.89. The van der Waals surface area contributed by atoms with E-state index in [2.05, 4.69) is 12.2 Å². The van der Waals surface area contributed by atoms with Gasteiger partial charge in [0.2, 0.25) is 0 Å². The molecule has 2 rings (SSSR count). The Morgan fingerprint density at radius 1 is 1.28 bits per heavy atom. The van der Waals surface area contributed by atoms with Gasteiger partial charge in [-0.2, -0.15) is 0 Å². The molecule has 4 heteroatoms. The zero-order valence-corrected chi connectivity index (χ0v) is 10.7. The van der Waals surface area contributed by atoms with Crippen molar-refractivity contribution in [2.75, 3.05) is 11.1 Å². The molecule has 2 atom stereocenters. The Hall–Kier alpha value is -1.32. The average molecular weight is 254 g/mol. The molecule has 1 aliphatic rings. The fourth-order valence-corrected chi connectivity index (χ4v) is 2.78. The predicted octanol–water partition coefficient (Wildman–Crippen LogP) is 3.93. The lowest BCUT2D eigenvalue weighted by Crippen LogP contribution is -2.32. The molecule has 3 N–H and O–H groups in total. The summed E-state index contributed by atoms with van der Waals surface area (Å²) in [7, 11) is 0. The molecule has 1 fully saturated rings. The number of rotatable bonds is 3. The van der Waals surface area contributed by atoms with Crippen molar-refractivity contribution in [1.82, 2.24) is 0 Å². The van der Waals surface area contributed by atoms with Crippen LogP contribution < -0.4 is 11.1 Å². The number of nitrogens with one attached hydrogen (secondary N) is 1. The Bertz CT molecular complexity index is 421. The quantitative estimate of drug-likeness (QED) is 0.802. The van der Waals surface area contributed by atoms with E-state index < -0.39 is 11.6 Å². The Labute approximate surface area is 107 Å². The number of hydrogen-bond acceptors (Lipinski definition) is 2. The van der Waals surface area contributed by atoms with Crippen LogP contribution in [0.3, 0.4) is 0 Å². The monoisotopic (exact) mass is 254 g/mol. The fourth-order valence-electron chi connectivity index (χ4n) is 2.78. The standard InChI is InChI=1S/C14H20F2N2/c1-2-9-5-3-4-6-12(9)18-14-11(17)8-7-10(15)13(14)16/h7-9,12,18H,2-6,17H2,1H3. The van der Waals surface area contributed by atoms with E-state index in [0.29, 0.717) is 5.92 Å². The molecule has 1 saturated carbocycles. The molecule has 0 bridgehead atoms. The minimum atomic E-state index is -0.865. The van der Waals surface area contributed by atoms with Gasteiger partial charge in [-0.05, 0) is 30.9 Å². The van der Waals surface area contributed by atoms with Crippen LogP contribution in [0.1, 0.15) is 39.0 Å². The van der Waals surface area contributed by atoms with Crippen LogP contribution in [0.15, 0.2) is 12.1 Å². The van der Waals surface area contributed by atoms with Gasteiger partial charge in [0.05, 0.1) is 11.4 Å². The zero-order chi connectivity index (χ0) is 13.1. The molecule has 0 spiro atoms. The first-order chi connectivity index (χ1) is 8.63. The van der Waals surface area contributed by atoms with Crippen LogP contribution in [0.2, 0.25) is 0 Å². The van der Waals surface area contributed by atoms with Gasteiger partial charge in [-0.15, -0.1) is 0 Å². The second-order valence-electron chi connectivity index (χ2n) is 5.03. The average Bonchev–Trinajstić information content (AvgIpc) is 2.39. The Balaban J connectivity index is 2.20. The smallest absolute Gasteiger partial charge is 0.183 e. The highest BCUT2D eigenvalue weighted by molar-refractivity contribution is 5.67. The van der Waals surface area contributed by atoms with Gasteiger partial charge in [0.25, 0.3) is 0 Å². The maximum Gasteiger partial charge on any atom is 0.183 e. The second kappa shape index (κ2) is 5.55. The number of hydrogen-bond donors (Lipinski definition) is 2. The van der Waals surface area contributed by atoms with Crippen molar-refractivity contribution in [3.05, 3.63) is 23.8 Å². The molecule has 1 aromatic rings. The third-order valence-electron chi connectivity index (χ3n) is 3.89. The van der Waals surface area contributed by atoms with Crippen LogP contribution in [0.25, 0.3) is 0 Å². The van der Waals surface area contributed by atoms with E-state index in [9.17, 15) is 8.78 Å². The summed E-state index contributed by atoms with van der Waals surface area (Å²) in [5, 5.41) is 3.12. The summed E-state index contributed by atoms with van der Waals surface area (Å²) in [5.41, 5.74) is 6.12. The van der Waals surface area contributed by atoms with Crippen molar-refractivity contribution in [3.8, 4) is 0 Å². The van der Waals surface area contributed by atoms with Crippen molar-refractivity contribution in [1.29, 1.82) is 0 Å². The predicted molar refractivity (Wildman–Crippen MR) is 70.4 cm³/mol. The van der Waals surface area contributed by atoms with Crippen LogP contribution in [-0.4, -0.2) is 6.04 Å². The molecule has 2 nitrogen and oxygen atoms in total. The van der Waals surface area contributed by atoms with E-state index in [4.69, 9.17) is 5.73 Å². The molecule has 1 aliphatic carbocycles. The van der Waals surface area contributed by atoms with Gasteiger partial charge >= 0.3 is 0 Å². The van der Waals surface area contributed by atoms with Gasteiger partial charge in [-0.3, -0.25) is 0 Å². The minimum absolute atomic E-state index is 0.125. The first-order valence-electron chi connectivity index (χ1n) is 6.63. The molecule has 100 valence electrons. The highest BCUT2D eigenvalue weighted by Crippen LogP contribution is 2.32. The first-order valence-corrected chi connectivity index (χ1v) is 6.63. The molecular weight excluding hydrogens is 234 g/mol. The van der Waals surface area contributed by atoms with E-state index in [-0.39, 0.29) is 17.4 Å². The van der Waals surface area contributed by atoms with Gasteiger partial charge in [0.1, 0.15) is 0 Å². The van der Waals surface area contributed by atoms with Crippen LogP contribution in [0, 0.1) is 17.6 Å². The molecule has 18 heavy (non-hydrogen) atoms. The van der Waals surface area contributed by atoms with Crippen molar-refractivity contribution in [2.45, 2.75) is 45.1 Å². The van der Waals surface area contributed by atoms with E-state index in [1.54, 1.807) is 0 Å². The summed E-state index contributed by atoms with van der Waals surface area (Å²) in [6, 6.07) is 2.67. The first kappa shape index (κ1) is 13.1. The van der Waals surface area contributed by atoms with E-state index in [1.807, 2.05) is 0 Å². The SMILES string of the molecule is CCC1CCCCC1Nc1c(N)ccc(F)c1F. The lowest BCUT2D eigenvalue weighted by Gasteiger charge is -2.32. The second-order valence-corrected chi connectivity index (χ2v) is 5.03. The molecular formula is C14H20F2N2. The molecule has 0 saturated heterocycles. The summed E-state index contributed by atoms with van der Waals surface area (Å²) >= 11 is 0. The Morgan fingerprint density at radius 2 is 2.00 bits per heavy atom. The minimum Gasteiger partial charge on any atom is -0.397 e. The molecule has 0 aliphatic heterocycles. The molecule has 0 heterocycles. The summed E-state index contributed by atoms with van der Waals surface area (Å²) in [6.45, 7) is 2.13. The van der Waals surface area contributed by atoms with E-state index in [1.165, 1.54) is 12.5 Å². The molecule has 1 aromatic carbocycles. The van der Waals surface area contributed by atoms with E-state index in [0.717, 1.165) is 31.7 Å². The topological polar surface area (TPSA) is 38.0 Å². The van der Waals surface area contributed by atoms with Crippen LogP contribution in [-0.2, 0) is 0 Å². The number of nitrogen functional groups attached to an aromatic ring is 1. The summed E-state index contributed by atoms with van der Waals surface area (Å²) < 4.78 is 27.0. The van der Waals surface area contributed by atoms with Crippen molar-refractivity contribution in [2.24, 2.45) is 5.92 Å². The van der Waals surface area contributed by atoms with Crippen molar-refractivity contribution in [3.63, 3.8) is 0 Å². The Kier molecular flexibility index (Phi) is 4.04. The van der Waals surface area contributed by atoms with Crippen LogP contribution in [0.4, 0.5) is 20.2 Å². The summed E-state index contributed by atoms with van der Waals surface area (Å²) in [4.78, 5) is 0. The van der Waals surface area contributed by atoms with E-state index >= 15 is 0 Å². The number of anilines is 2. The Morgan fingerprint density at radius 3 is 2.72 bits per heavy atom. The maximum atomic E-state index is 13.7. The molecule has 0 aromatic heterocycles. The largest absolute Gasteiger partial charge is 0.397 e. The summed E-state index contributed by atoms with van der Waals surface area (Å²) in [6.07, 6.45) is 5.54. The highest BCUT2D eigenvalue weighted by atomic mass is 19.2. The summed E-state index contributed by atoms with van der Waals surface area (Å²) in [5.74, 6) is -1.20. The molecule has 0 amide bonds. The van der Waals surface area contributed by atoms with Crippen molar-refractivity contribution >= 4 is 11.4 Å². The highest BCUT2D eigenvalue weighted by Gasteiger charge is 2.25. The van der Waals surface area contributed by atoms with Gasteiger partial charge in [0.15, 0.2) is 11.6 Å². The maximum absolute atomic E-state index is 13.7. The van der Waals surface area contributed by atoms with Gasteiger partial charge in [-0.1, -0.05) is 26.2 Å². The van der Waals surface area contributed by atoms with Gasteiger partial charge in [-0.25, -0.2) is 8.78 Å². The van der Waals surface area contributed by atoms with Gasteiger partial charge < -0.3 is 11.1 Å².